The Bertz CT molecular complexity index is 187. The zero-order valence-corrected chi connectivity index (χ0v) is 11.6. The minimum absolute atomic E-state index is 0.877. The summed E-state index contributed by atoms with van der Waals surface area (Å²) >= 11 is 0. The van der Waals surface area contributed by atoms with Gasteiger partial charge in [-0.3, -0.25) is 4.90 Å². The lowest BCUT2D eigenvalue weighted by Crippen LogP contribution is -2.25. The van der Waals surface area contributed by atoms with Crippen LogP contribution in [0.15, 0.2) is 12.7 Å². The molecular formula is C15H30N2. The van der Waals surface area contributed by atoms with Crippen molar-refractivity contribution in [2.24, 2.45) is 0 Å². The van der Waals surface area contributed by atoms with Crippen LogP contribution in [0, 0.1) is 0 Å². The molecule has 0 aromatic heterocycles. The average molecular weight is 238 g/mol. The van der Waals surface area contributed by atoms with Gasteiger partial charge in [-0.25, -0.2) is 0 Å². The van der Waals surface area contributed by atoms with E-state index in [0.29, 0.717) is 0 Å². The Kier molecular flexibility index (Phi) is 8.37. The molecule has 0 aliphatic heterocycles. The van der Waals surface area contributed by atoms with Crippen LogP contribution in [-0.4, -0.2) is 37.1 Å². The Labute approximate surface area is 107 Å². The average Bonchev–Trinajstić information content (AvgIpc) is 3.12. The third-order valence-corrected chi connectivity index (χ3v) is 3.34. The number of nitrogens with one attached hydrogen (secondary N) is 1. The summed E-state index contributed by atoms with van der Waals surface area (Å²) in [7, 11) is 0. The highest BCUT2D eigenvalue weighted by atomic mass is 15.1. The van der Waals surface area contributed by atoms with Crippen molar-refractivity contribution in [2.45, 2.75) is 57.9 Å². The van der Waals surface area contributed by atoms with Crippen molar-refractivity contribution in [1.82, 2.24) is 10.2 Å². The van der Waals surface area contributed by atoms with Gasteiger partial charge in [0.05, 0.1) is 0 Å². The number of unbranched alkanes of at least 4 members (excludes halogenated alkanes) is 3. The first-order valence-corrected chi connectivity index (χ1v) is 7.43. The van der Waals surface area contributed by atoms with E-state index in [1.807, 2.05) is 6.08 Å². The van der Waals surface area contributed by atoms with Gasteiger partial charge in [0.2, 0.25) is 0 Å². The van der Waals surface area contributed by atoms with Crippen LogP contribution in [0.4, 0.5) is 0 Å². The van der Waals surface area contributed by atoms with E-state index >= 15 is 0 Å². The van der Waals surface area contributed by atoms with Crippen molar-refractivity contribution >= 4 is 0 Å². The van der Waals surface area contributed by atoms with Gasteiger partial charge in [-0.15, -0.1) is 6.58 Å². The van der Waals surface area contributed by atoms with E-state index < -0.39 is 0 Å². The summed E-state index contributed by atoms with van der Waals surface area (Å²) in [5.74, 6) is 0. The maximum absolute atomic E-state index is 3.82. The van der Waals surface area contributed by atoms with E-state index in [1.165, 1.54) is 64.6 Å². The van der Waals surface area contributed by atoms with Crippen molar-refractivity contribution in [3.05, 3.63) is 12.7 Å². The largest absolute Gasteiger partial charge is 0.314 e. The Morgan fingerprint density at radius 1 is 1.18 bits per heavy atom. The van der Waals surface area contributed by atoms with Crippen molar-refractivity contribution in [1.29, 1.82) is 0 Å². The fourth-order valence-electron chi connectivity index (χ4n) is 2.20. The highest BCUT2D eigenvalue weighted by Gasteiger charge is 2.19. The normalized spacial score (nSPS) is 15.4. The molecule has 0 heterocycles. The topological polar surface area (TPSA) is 15.3 Å². The second-order valence-corrected chi connectivity index (χ2v) is 5.23. The molecule has 2 heteroatoms. The molecule has 0 unspecified atom stereocenters. The zero-order chi connectivity index (χ0) is 12.3. The summed E-state index contributed by atoms with van der Waals surface area (Å²) in [5.41, 5.74) is 0. The Hall–Kier alpha value is -0.340. The van der Waals surface area contributed by atoms with Gasteiger partial charge < -0.3 is 5.32 Å². The Morgan fingerprint density at radius 3 is 2.59 bits per heavy atom. The molecule has 0 aromatic rings. The lowest BCUT2D eigenvalue weighted by atomic mass is 10.2. The standard InChI is InChI=1S/C15H30N2/c1-3-12-17(13-4-2)14-8-6-5-7-11-16-15-9-10-15/h3,15-16H,1,4-14H2,2H3. The molecule has 0 spiro atoms. The van der Waals surface area contributed by atoms with Crippen LogP contribution in [-0.2, 0) is 0 Å². The van der Waals surface area contributed by atoms with Crippen LogP contribution in [0.25, 0.3) is 0 Å². The quantitative estimate of drug-likeness (QED) is 0.415. The lowest BCUT2D eigenvalue weighted by molar-refractivity contribution is 0.294. The summed E-state index contributed by atoms with van der Waals surface area (Å²) in [5, 5.41) is 3.57. The Morgan fingerprint density at radius 2 is 1.94 bits per heavy atom. The molecule has 1 saturated carbocycles. The van der Waals surface area contributed by atoms with E-state index in [2.05, 4.69) is 23.7 Å². The molecule has 0 aromatic carbocycles. The van der Waals surface area contributed by atoms with Crippen molar-refractivity contribution in [2.75, 3.05) is 26.2 Å². The molecule has 0 bridgehead atoms. The van der Waals surface area contributed by atoms with Gasteiger partial charge in [0.1, 0.15) is 0 Å². The fourth-order valence-corrected chi connectivity index (χ4v) is 2.20. The highest BCUT2D eigenvalue weighted by molar-refractivity contribution is 4.80. The Balaban J connectivity index is 1.84. The van der Waals surface area contributed by atoms with Crippen LogP contribution in [0.1, 0.15) is 51.9 Å². The molecule has 0 amide bonds. The first kappa shape index (κ1) is 14.7. The zero-order valence-electron chi connectivity index (χ0n) is 11.6. The van der Waals surface area contributed by atoms with Crippen LogP contribution >= 0.6 is 0 Å². The van der Waals surface area contributed by atoms with Gasteiger partial charge in [-0.05, 0) is 51.7 Å². The van der Waals surface area contributed by atoms with Gasteiger partial charge >= 0.3 is 0 Å². The van der Waals surface area contributed by atoms with E-state index in [-0.39, 0.29) is 0 Å². The smallest absolute Gasteiger partial charge is 0.0160 e. The van der Waals surface area contributed by atoms with Crippen LogP contribution in [0.5, 0.6) is 0 Å². The number of nitrogens with zero attached hydrogens (tertiary/aromatic N) is 1. The van der Waals surface area contributed by atoms with E-state index in [1.54, 1.807) is 0 Å². The monoisotopic (exact) mass is 238 g/mol. The minimum atomic E-state index is 0.877. The van der Waals surface area contributed by atoms with Crippen molar-refractivity contribution in [3.63, 3.8) is 0 Å². The second kappa shape index (κ2) is 9.67. The van der Waals surface area contributed by atoms with Crippen molar-refractivity contribution < 1.29 is 0 Å². The fraction of sp³-hybridized carbons (Fsp3) is 0.867. The molecule has 100 valence electrons. The predicted molar refractivity (Wildman–Crippen MR) is 76.4 cm³/mol. The minimum Gasteiger partial charge on any atom is -0.314 e. The third-order valence-electron chi connectivity index (χ3n) is 3.34. The molecule has 0 saturated heterocycles. The van der Waals surface area contributed by atoms with Crippen LogP contribution in [0.2, 0.25) is 0 Å². The maximum Gasteiger partial charge on any atom is 0.0160 e. The molecule has 1 rings (SSSR count). The summed E-state index contributed by atoms with van der Waals surface area (Å²) in [6.07, 6.45) is 11.6. The molecule has 0 radical (unpaired) electrons. The van der Waals surface area contributed by atoms with Crippen molar-refractivity contribution in [3.8, 4) is 0 Å². The van der Waals surface area contributed by atoms with Gasteiger partial charge in [-0.2, -0.15) is 0 Å². The van der Waals surface area contributed by atoms with Gasteiger partial charge in [0, 0.05) is 12.6 Å². The van der Waals surface area contributed by atoms with E-state index in [0.717, 1.165) is 12.6 Å². The number of rotatable bonds is 12. The first-order chi connectivity index (χ1) is 8.36. The van der Waals surface area contributed by atoms with E-state index in [4.69, 9.17) is 0 Å². The molecular weight excluding hydrogens is 208 g/mol. The highest BCUT2D eigenvalue weighted by Crippen LogP contribution is 2.18. The molecule has 0 atom stereocenters. The summed E-state index contributed by atoms with van der Waals surface area (Å²) in [6.45, 7) is 10.8. The van der Waals surface area contributed by atoms with E-state index in [9.17, 15) is 0 Å². The second-order valence-electron chi connectivity index (χ2n) is 5.23. The number of hydrogen-bond acceptors (Lipinski definition) is 2. The number of hydrogen-bond donors (Lipinski definition) is 1. The third kappa shape index (κ3) is 8.39. The van der Waals surface area contributed by atoms with Crippen LogP contribution < -0.4 is 5.32 Å². The molecule has 1 aliphatic rings. The first-order valence-electron chi connectivity index (χ1n) is 7.43. The van der Waals surface area contributed by atoms with Gasteiger partial charge in [-0.1, -0.05) is 25.8 Å². The SMILES string of the molecule is C=CCN(CCC)CCCCCCNC1CC1. The summed E-state index contributed by atoms with van der Waals surface area (Å²) < 4.78 is 0. The van der Waals surface area contributed by atoms with Gasteiger partial charge in [0.25, 0.3) is 0 Å². The molecule has 17 heavy (non-hydrogen) atoms. The molecule has 2 nitrogen and oxygen atoms in total. The predicted octanol–water partition coefficient (Wildman–Crippen LogP) is 3.20. The van der Waals surface area contributed by atoms with Gasteiger partial charge in [0.15, 0.2) is 0 Å². The molecule has 1 fully saturated rings. The summed E-state index contributed by atoms with van der Waals surface area (Å²) in [6, 6.07) is 0.877. The molecule has 1 N–H and O–H groups in total. The maximum atomic E-state index is 3.82. The molecule has 1 aliphatic carbocycles. The van der Waals surface area contributed by atoms with Crippen LogP contribution in [0.3, 0.4) is 0 Å². The lowest BCUT2D eigenvalue weighted by Gasteiger charge is -2.19. The summed E-state index contributed by atoms with van der Waals surface area (Å²) in [4.78, 5) is 2.51.